The van der Waals surface area contributed by atoms with Crippen molar-refractivity contribution in [3.63, 3.8) is 0 Å². The maximum atomic E-state index is 10.5. The molecule has 0 aliphatic heterocycles. The third-order valence-corrected chi connectivity index (χ3v) is 1.86. The lowest BCUT2D eigenvalue weighted by Crippen LogP contribution is -1.98. The number of nitrogens with zero attached hydrogens (tertiary/aromatic N) is 2. The topological polar surface area (TPSA) is 76.2 Å². The summed E-state index contributed by atoms with van der Waals surface area (Å²) >= 11 is 0. The van der Waals surface area contributed by atoms with Crippen LogP contribution in [0.4, 0.5) is 0 Å². The van der Waals surface area contributed by atoms with Gasteiger partial charge in [0.25, 0.3) is 5.82 Å². The molecule has 5 nitrogen and oxygen atoms in total. The molecule has 0 bridgehead atoms. The van der Waals surface area contributed by atoms with Crippen molar-refractivity contribution in [2.24, 2.45) is 0 Å². The number of hydrogen-bond donors (Lipinski definition) is 1. The standard InChI is InChI=1S/C10H8N2O3/c13-10(14)9-11-8(15-12-9)6-7-4-2-1-3-5-7/h1-5H,6H2,(H,13,14). The van der Waals surface area contributed by atoms with Crippen molar-refractivity contribution in [3.8, 4) is 0 Å². The molecule has 0 aliphatic rings. The minimum Gasteiger partial charge on any atom is -0.475 e. The Morgan fingerprint density at radius 3 is 2.67 bits per heavy atom. The maximum Gasteiger partial charge on any atom is 0.377 e. The Hall–Kier alpha value is -2.17. The number of aromatic nitrogens is 2. The van der Waals surface area contributed by atoms with E-state index in [-0.39, 0.29) is 5.82 Å². The number of carboxylic acids is 1. The fourth-order valence-electron chi connectivity index (χ4n) is 1.18. The van der Waals surface area contributed by atoms with Gasteiger partial charge in [0, 0.05) is 0 Å². The fourth-order valence-corrected chi connectivity index (χ4v) is 1.18. The Morgan fingerprint density at radius 1 is 1.33 bits per heavy atom. The minimum absolute atomic E-state index is 0.304. The van der Waals surface area contributed by atoms with Crippen molar-refractivity contribution in [1.82, 2.24) is 10.1 Å². The Balaban J connectivity index is 2.15. The smallest absolute Gasteiger partial charge is 0.377 e. The molecule has 0 atom stereocenters. The predicted molar refractivity (Wildman–Crippen MR) is 50.5 cm³/mol. The molecule has 76 valence electrons. The highest BCUT2D eigenvalue weighted by Crippen LogP contribution is 2.06. The maximum absolute atomic E-state index is 10.5. The first-order valence-electron chi connectivity index (χ1n) is 4.35. The molecule has 0 fully saturated rings. The number of rotatable bonds is 3. The lowest BCUT2D eigenvalue weighted by Gasteiger charge is -1.93. The fraction of sp³-hybridized carbons (Fsp3) is 0.100. The summed E-state index contributed by atoms with van der Waals surface area (Å²) in [6.45, 7) is 0. The van der Waals surface area contributed by atoms with Gasteiger partial charge < -0.3 is 9.63 Å². The number of aromatic carboxylic acids is 1. The largest absolute Gasteiger partial charge is 0.475 e. The van der Waals surface area contributed by atoms with Gasteiger partial charge in [0.1, 0.15) is 0 Å². The second kappa shape index (κ2) is 3.91. The van der Waals surface area contributed by atoms with Crippen molar-refractivity contribution in [2.45, 2.75) is 6.42 Å². The lowest BCUT2D eigenvalue weighted by atomic mass is 10.1. The SMILES string of the molecule is O=C(O)c1noc(Cc2ccccc2)n1. The number of hydrogen-bond acceptors (Lipinski definition) is 4. The number of carbonyl (C=O) groups is 1. The molecule has 0 saturated carbocycles. The first-order chi connectivity index (χ1) is 7.25. The third kappa shape index (κ3) is 2.19. The normalized spacial score (nSPS) is 10.1. The number of benzene rings is 1. The van der Waals surface area contributed by atoms with Gasteiger partial charge in [0.2, 0.25) is 5.89 Å². The quantitative estimate of drug-likeness (QED) is 0.816. The van der Waals surface area contributed by atoms with Gasteiger partial charge in [-0.3, -0.25) is 0 Å². The van der Waals surface area contributed by atoms with E-state index in [9.17, 15) is 4.79 Å². The van der Waals surface area contributed by atoms with E-state index in [4.69, 9.17) is 9.63 Å². The van der Waals surface area contributed by atoms with Gasteiger partial charge in [-0.25, -0.2) is 4.79 Å². The van der Waals surface area contributed by atoms with E-state index in [1.54, 1.807) is 0 Å². The van der Waals surface area contributed by atoms with E-state index in [1.165, 1.54) is 0 Å². The molecule has 1 heterocycles. The molecule has 15 heavy (non-hydrogen) atoms. The van der Waals surface area contributed by atoms with E-state index in [0.717, 1.165) is 5.56 Å². The van der Waals surface area contributed by atoms with E-state index in [2.05, 4.69) is 10.1 Å². The van der Waals surface area contributed by atoms with E-state index < -0.39 is 5.97 Å². The molecule has 2 aromatic rings. The van der Waals surface area contributed by atoms with Crippen LogP contribution in [0.15, 0.2) is 34.9 Å². The summed E-state index contributed by atoms with van der Waals surface area (Å²) in [4.78, 5) is 14.2. The molecule has 0 unspecified atom stereocenters. The number of carboxylic acid groups (broad SMARTS) is 1. The first-order valence-corrected chi connectivity index (χ1v) is 4.35. The highest BCUT2D eigenvalue weighted by Gasteiger charge is 2.12. The van der Waals surface area contributed by atoms with E-state index in [1.807, 2.05) is 30.3 Å². The molecule has 0 aliphatic carbocycles. The molecule has 1 aromatic heterocycles. The molecule has 5 heteroatoms. The van der Waals surface area contributed by atoms with Crippen LogP contribution in [-0.2, 0) is 6.42 Å². The Labute approximate surface area is 85.4 Å². The van der Waals surface area contributed by atoms with Crippen molar-refractivity contribution in [3.05, 3.63) is 47.6 Å². The van der Waals surface area contributed by atoms with E-state index in [0.29, 0.717) is 12.3 Å². The average Bonchev–Trinajstić information content (AvgIpc) is 2.68. The van der Waals surface area contributed by atoms with Gasteiger partial charge in [0.15, 0.2) is 0 Å². The van der Waals surface area contributed by atoms with Crippen LogP contribution in [0.3, 0.4) is 0 Å². The minimum atomic E-state index is -1.18. The van der Waals surface area contributed by atoms with Gasteiger partial charge in [0.05, 0.1) is 6.42 Å². The lowest BCUT2D eigenvalue weighted by molar-refractivity contribution is 0.0680. The van der Waals surface area contributed by atoms with Crippen molar-refractivity contribution >= 4 is 5.97 Å². The summed E-state index contributed by atoms with van der Waals surface area (Å²) in [5.74, 6) is -1.18. The van der Waals surface area contributed by atoms with Crippen molar-refractivity contribution in [1.29, 1.82) is 0 Å². The zero-order chi connectivity index (χ0) is 10.7. The van der Waals surface area contributed by atoms with Crippen LogP contribution in [0.5, 0.6) is 0 Å². The molecule has 1 N–H and O–H groups in total. The molecule has 0 saturated heterocycles. The Morgan fingerprint density at radius 2 is 2.07 bits per heavy atom. The van der Waals surface area contributed by atoms with Gasteiger partial charge in [-0.15, -0.1) is 0 Å². The third-order valence-electron chi connectivity index (χ3n) is 1.86. The van der Waals surface area contributed by atoms with Crippen molar-refractivity contribution < 1.29 is 14.4 Å². The first kappa shape index (κ1) is 9.39. The molecule has 0 amide bonds. The molecule has 0 radical (unpaired) electrons. The molecule has 1 aromatic carbocycles. The van der Waals surface area contributed by atoms with Crippen LogP contribution < -0.4 is 0 Å². The van der Waals surface area contributed by atoms with Gasteiger partial charge >= 0.3 is 5.97 Å². The Kier molecular flexibility index (Phi) is 2.45. The molecular formula is C10H8N2O3. The molecular weight excluding hydrogens is 196 g/mol. The van der Waals surface area contributed by atoms with Crippen LogP contribution in [-0.4, -0.2) is 21.2 Å². The summed E-state index contributed by atoms with van der Waals surface area (Å²) in [6.07, 6.45) is 0.446. The van der Waals surface area contributed by atoms with Crippen LogP contribution in [0, 0.1) is 0 Å². The second-order valence-electron chi connectivity index (χ2n) is 2.98. The highest BCUT2D eigenvalue weighted by atomic mass is 16.5. The molecule has 0 spiro atoms. The summed E-state index contributed by atoms with van der Waals surface area (Å²) in [5.41, 5.74) is 0.998. The van der Waals surface area contributed by atoms with Gasteiger partial charge in [-0.1, -0.05) is 30.3 Å². The van der Waals surface area contributed by atoms with E-state index >= 15 is 0 Å². The monoisotopic (exact) mass is 204 g/mol. The predicted octanol–water partition coefficient (Wildman–Crippen LogP) is 1.36. The highest BCUT2D eigenvalue weighted by molar-refractivity contribution is 5.82. The summed E-state index contributed by atoms with van der Waals surface area (Å²) in [7, 11) is 0. The molecule has 2 rings (SSSR count). The Bertz CT molecular complexity index is 465. The summed E-state index contributed by atoms with van der Waals surface area (Å²) < 4.78 is 4.79. The zero-order valence-electron chi connectivity index (χ0n) is 7.75. The summed E-state index contributed by atoms with van der Waals surface area (Å²) in [6, 6.07) is 9.50. The summed E-state index contributed by atoms with van der Waals surface area (Å²) in [5, 5.41) is 11.9. The van der Waals surface area contributed by atoms with Crippen LogP contribution in [0.2, 0.25) is 0 Å². The zero-order valence-corrected chi connectivity index (χ0v) is 7.75. The van der Waals surface area contributed by atoms with Crippen LogP contribution in [0.1, 0.15) is 22.1 Å². The van der Waals surface area contributed by atoms with Gasteiger partial charge in [-0.2, -0.15) is 4.98 Å². The average molecular weight is 204 g/mol. The van der Waals surface area contributed by atoms with Crippen molar-refractivity contribution in [2.75, 3.05) is 0 Å². The second-order valence-corrected chi connectivity index (χ2v) is 2.98. The van der Waals surface area contributed by atoms with Crippen LogP contribution in [0.25, 0.3) is 0 Å². The van der Waals surface area contributed by atoms with Crippen LogP contribution >= 0.6 is 0 Å². The van der Waals surface area contributed by atoms with Gasteiger partial charge in [-0.05, 0) is 10.7 Å².